The number of carbonyl (C=O) groups excluding carboxylic acids is 1. The van der Waals surface area contributed by atoms with E-state index in [-0.39, 0.29) is 23.7 Å². The SMILES string of the molecule is CCN(CC(C)(C)O)C(=O)c1nn(-c2ccccc2F)cc1O. The van der Waals surface area contributed by atoms with Crippen LogP contribution >= 0.6 is 0 Å². The van der Waals surface area contributed by atoms with Crippen molar-refractivity contribution in [2.45, 2.75) is 26.4 Å². The molecule has 0 atom stereocenters. The van der Waals surface area contributed by atoms with Crippen molar-refractivity contribution in [1.82, 2.24) is 14.7 Å². The highest BCUT2D eigenvalue weighted by Gasteiger charge is 2.26. The lowest BCUT2D eigenvalue weighted by Gasteiger charge is -2.27. The number of hydrogen-bond acceptors (Lipinski definition) is 4. The molecule has 2 aromatic rings. The van der Waals surface area contributed by atoms with Gasteiger partial charge in [-0.05, 0) is 32.9 Å². The first-order valence-electron chi connectivity index (χ1n) is 7.28. The van der Waals surface area contributed by atoms with E-state index in [9.17, 15) is 19.4 Å². The predicted molar refractivity (Wildman–Crippen MR) is 83.1 cm³/mol. The van der Waals surface area contributed by atoms with Crippen LogP contribution in [0.5, 0.6) is 5.75 Å². The summed E-state index contributed by atoms with van der Waals surface area (Å²) in [5.41, 5.74) is -1.12. The van der Waals surface area contributed by atoms with Crippen LogP contribution in [0, 0.1) is 5.82 Å². The van der Waals surface area contributed by atoms with Gasteiger partial charge in [0.1, 0.15) is 11.5 Å². The van der Waals surface area contributed by atoms with E-state index >= 15 is 0 Å². The number of hydrogen-bond donors (Lipinski definition) is 2. The van der Waals surface area contributed by atoms with Crippen molar-refractivity contribution in [2.24, 2.45) is 0 Å². The maximum absolute atomic E-state index is 13.8. The lowest BCUT2D eigenvalue weighted by atomic mass is 10.1. The Hall–Kier alpha value is -2.41. The summed E-state index contributed by atoms with van der Waals surface area (Å²) in [4.78, 5) is 13.9. The standard InChI is InChI=1S/C16H20FN3O3/c1-4-19(10-16(2,3)23)15(22)14-13(21)9-20(18-14)12-8-6-5-7-11(12)17/h5-9,21,23H,4,10H2,1-3H3. The summed E-state index contributed by atoms with van der Waals surface area (Å²) < 4.78 is 14.9. The fourth-order valence-electron chi connectivity index (χ4n) is 2.22. The van der Waals surface area contributed by atoms with Gasteiger partial charge in [0.05, 0.1) is 11.8 Å². The Morgan fingerprint density at radius 1 is 1.39 bits per heavy atom. The third-order valence-electron chi connectivity index (χ3n) is 3.24. The molecule has 2 rings (SSSR count). The number of rotatable bonds is 5. The summed E-state index contributed by atoms with van der Waals surface area (Å²) >= 11 is 0. The number of para-hydroxylation sites is 1. The van der Waals surface area contributed by atoms with E-state index in [2.05, 4.69) is 5.10 Å². The number of nitrogens with zero attached hydrogens (tertiary/aromatic N) is 3. The monoisotopic (exact) mass is 321 g/mol. The van der Waals surface area contributed by atoms with E-state index in [1.807, 2.05) is 0 Å². The zero-order chi connectivity index (χ0) is 17.2. The fourth-order valence-corrected chi connectivity index (χ4v) is 2.22. The Morgan fingerprint density at radius 2 is 2.04 bits per heavy atom. The number of amides is 1. The second kappa shape index (κ2) is 6.37. The molecule has 0 aliphatic heterocycles. The molecule has 6 nitrogen and oxygen atoms in total. The molecule has 0 aliphatic carbocycles. The van der Waals surface area contributed by atoms with Crippen LogP contribution in [-0.4, -0.2) is 49.5 Å². The van der Waals surface area contributed by atoms with Crippen LogP contribution in [0.3, 0.4) is 0 Å². The van der Waals surface area contributed by atoms with Gasteiger partial charge in [-0.2, -0.15) is 5.10 Å². The average Bonchev–Trinajstić information content (AvgIpc) is 2.85. The Kier molecular flexibility index (Phi) is 4.70. The fraction of sp³-hybridized carbons (Fsp3) is 0.375. The van der Waals surface area contributed by atoms with E-state index in [1.54, 1.807) is 26.8 Å². The van der Waals surface area contributed by atoms with Crippen LogP contribution < -0.4 is 0 Å². The van der Waals surface area contributed by atoms with Gasteiger partial charge in [-0.25, -0.2) is 9.07 Å². The summed E-state index contributed by atoms with van der Waals surface area (Å²) in [6.07, 6.45) is 1.18. The van der Waals surface area contributed by atoms with Gasteiger partial charge in [-0.3, -0.25) is 4.79 Å². The molecule has 0 radical (unpaired) electrons. The summed E-state index contributed by atoms with van der Waals surface area (Å²) in [5.74, 6) is -1.38. The molecule has 7 heteroatoms. The highest BCUT2D eigenvalue weighted by atomic mass is 19.1. The van der Waals surface area contributed by atoms with Crippen molar-refractivity contribution in [2.75, 3.05) is 13.1 Å². The number of benzene rings is 1. The maximum Gasteiger partial charge on any atom is 0.278 e. The quantitative estimate of drug-likeness (QED) is 0.882. The van der Waals surface area contributed by atoms with Crippen molar-refractivity contribution in [3.8, 4) is 11.4 Å². The molecule has 0 saturated heterocycles. The molecule has 1 aromatic carbocycles. The molecular weight excluding hydrogens is 301 g/mol. The molecule has 124 valence electrons. The van der Waals surface area contributed by atoms with Crippen LogP contribution in [0.1, 0.15) is 31.3 Å². The first-order chi connectivity index (χ1) is 10.7. The Balaban J connectivity index is 2.34. The number of aromatic nitrogens is 2. The number of aliphatic hydroxyl groups is 1. The van der Waals surface area contributed by atoms with Gasteiger partial charge in [0.25, 0.3) is 5.91 Å². The zero-order valence-corrected chi connectivity index (χ0v) is 13.3. The van der Waals surface area contributed by atoms with Gasteiger partial charge in [0.2, 0.25) is 0 Å². The van der Waals surface area contributed by atoms with E-state index in [0.717, 1.165) is 4.68 Å². The van der Waals surface area contributed by atoms with Gasteiger partial charge in [-0.15, -0.1) is 0 Å². The number of carbonyl (C=O) groups is 1. The second-order valence-electron chi connectivity index (χ2n) is 5.89. The average molecular weight is 321 g/mol. The molecule has 1 amide bonds. The third kappa shape index (κ3) is 3.87. The van der Waals surface area contributed by atoms with Crippen LogP contribution in [-0.2, 0) is 0 Å². The molecule has 0 saturated carbocycles. The summed E-state index contributed by atoms with van der Waals surface area (Å²) in [6, 6.07) is 5.92. The molecule has 0 aliphatic rings. The molecule has 1 heterocycles. The Morgan fingerprint density at radius 3 is 2.61 bits per heavy atom. The van der Waals surface area contributed by atoms with E-state index < -0.39 is 17.3 Å². The van der Waals surface area contributed by atoms with Crippen LogP contribution in [0.2, 0.25) is 0 Å². The maximum atomic E-state index is 13.8. The molecule has 1 aromatic heterocycles. The lowest BCUT2D eigenvalue weighted by Crippen LogP contribution is -2.42. The van der Waals surface area contributed by atoms with Crippen LogP contribution in [0.4, 0.5) is 4.39 Å². The van der Waals surface area contributed by atoms with Crippen LogP contribution in [0.25, 0.3) is 5.69 Å². The molecule has 0 fully saturated rings. The molecular formula is C16H20FN3O3. The van der Waals surface area contributed by atoms with Gasteiger partial charge in [0, 0.05) is 13.1 Å². The minimum absolute atomic E-state index is 0.0916. The highest BCUT2D eigenvalue weighted by Crippen LogP contribution is 2.22. The van der Waals surface area contributed by atoms with Crippen molar-refractivity contribution >= 4 is 5.91 Å². The van der Waals surface area contributed by atoms with Crippen molar-refractivity contribution in [3.63, 3.8) is 0 Å². The number of likely N-dealkylation sites (N-methyl/N-ethyl adjacent to an activating group) is 1. The summed E-state index contributed by atoms with van der Waals surface area (Å²) in [5, 5.41) is 23.8. The predicted octanol–water partition coefficient (Wildman–Crippen LogP) is 1.95. The van der Waals surface area contributed by atoms with Gasteiger partial charge < -0.3 is 15.1 Å². The van der Waals surface area contributed by atoms with Crippen molar-refractivity contribution < 1.29 is 19.4 Å². The Labute approximate surface area is 133 Å². The number of halogens is 1. The highest BCUT2D eigenvalue weighted by molar-refractivity contribution is 5.94. The van der Waals surface area contributed by atoms with Gasteiger partial charge in [0.15, 0.2) is 11.4 Å². The molecule has 0 spiro atoms. The minimum atomic E-state index is -1.07. The minimum Gasteiger partial charge on any atom is -0.504 e. The summed E-state index contributed by atoms with van der Waals surface area (Å²) in [6.45, 7) is 5.36. The molecule has 23 heavy (non-hydrogen) atoms. The van der Waals surface area contributed by atoms with Crippen molar-refractivity contribution in [3.05, 3.63) is 42.0 Å². The molecule has 2 N–H and O–H groups in total. The van der Waals surface area contributed by atoms with E-state index in [0.29, 0.717) is 6.54 Å². The lowest BCUT2D eigenvalue weighted by molar-refractivity contribution is 0.0309. The zero-order valence-electron chi connectivity index (χ0n) is 13.3. The molecule has 0 unspecified atom stereocenters. The van der Waals surface area contributed by atoms with E-state index in [4.69, 9.17) is 0 Å². The van der Waals surface area contributed by atoms with Crippen molar-refractivity contribution in [1.29, 1.82) is 0 Å². The Bertz CT molecular complexity index is 707. The normalized spacial score (nSPS) is 11.5. The van der Waals surface area contributed by atoms with Gasteiger partial charge in [-0.1, -0.05) is 12.1 Å². The first-order valence-corrected chi connectivity index (χ1v) is 7.28. The van der Waals surface area contributed by atoms with E-state index in [1.165, 1.54) is 29.3 Å². The number of aromatic hydroxyl groups is 1. The first kappa shape index (κ1) is 17.0. The third-order valence-corrected chi connectivity index (χ3v) is 3.24. The smallest absolute Gasteiger partial charge is 0.278 e. The van der Waals surface area contributed by atoms with Crippen LogP contribution in [0.15, 0.2) is 30.5 Å². The molecule has 0 bridgehead atoms. The summed E-state index contributed by atoms with van der Waals surface area (Å²) in [7, 11) is 0. The van der Waals surface area contributed by atoms with Gasteiger partial charge >= 0.3 is 0 Å². The topological polar surface area (TPSA) is 78.6 Å². The largest absolute Gasteiger partial charge is 0.504 e. The second-order valence-corrected chi connectivity index (χ2v) is 5.89.